The Bertz CT molecular complexity index is 617. The molecule has 0 amide bonds. The van der Waals surface area contributed by atoms with Gasteiger partial charge in [-0.3, -0.25) is 0 Å². The number of ether oxygens (including phenoxy) is 1. The second kappa shape index (κ2) is 35.9. The Labute approximate surface area is 329 Å². The van der Waals surface area contributed by atoms with Crippen LogP contribution in [-0.4, -0.2) is 116 Å². The first-order valence-electron chi connectivity index (χ1n) is 16.1. The van der Waals surface area contributed by atoms with Crippen molar-refractivity contribution in [1.29, 1.82) is 0 Å². The molecule has 0 saturated carbocycles. The molecule has 214 valence electrons. The third-order valence-corrected chi connectivity index (χ3v) is 7.17. The minimum Gasteiger partial charge on any atom is -0.0622 e. The van der Waals surface area contributed by atoms with E-state index in [1.54, 1.807) is 0 Å². The van der Waals surface area contributed by atoms with Gasteiger partial charge in [0.05, 0.1) is 0 Å². The fraction of sp³-hybridized carbons (Fsp3) is 0.667. The quantitative estimate of drug-likeness (QED) is 0.0926. The summed E-state index contributed by atoms with van der Waals surface area (Å²) >= 11 is 0. The zero-order chi connectivity index (χ0) is 26.5. The predicted molar refractivity (Wildman–Crippen MR) is 181 cm³/mol. The van der Waals surface area contributed by atoms with Crippen LogP contribution in [0.2, 0.25) is 0 Å². The van der Waals surface area contributed by atoms with Crippen LogP contribution in [0, 0.1) is 0 Å². The van der Waals surface area contributed by atoms with E-state index in [0.717, 1.165) is 13.2 Å². The molecule has 0 bridgehead atoms. The van der Waals surface area contributed by atoms with Crippen molar-refractivity contribution in [3.05, 3.63) is 60.7 Å². The van der Waals surface area contributed by atoms with Gasteiger partial charge in [0.2, 0.25) is 0 Å². The van der Waals surface area contributed by atoms with Crippen LogP contribution in [0.1, 0.15) is 142 Å². The zero-order valence-electron chi connectivity index (χ0n) is 24.7. The number of rotatable bonds is 23. The topological polar surface area (TPSA) is 9.23 Å². The summed E-state index contributed by atoms with van der Waals surface area (Å²) in [4.78, 5) is 0. The summed E-state index contributed by atoms with van der Waals surface area (Å²) in [5.41, 5.74) is 2.55. The van der Waals surface area contributed by atoms with Crippen molar-refractivity contribution in [2.45, 2.75) is 142 Å². The number of benzene rings is 2. The molecule has 0 spiro atoms. The van der Waals surface area contributed by atoms with Crippen molar-refractivity contribution in [3.8, 4) is 11.1 Å². The molecule has 0 saturated heterocycles. The summed E-state index contributed by atoms with van der Waals surface area (Å²) in [6.45, 7) is 6.57. The largest absolute Gasteiger partial charge is 0.0622 e. The molecule has 0 radical (unpaired) electrons. The Hall–Kier alpha value is 1.67. The Balaban J connectivity index is 0. The van der Waals surface area contributed by atoms with Crippen molar-refractivity contribution >= 4 is 103 Å². The van der Waals surface area contributed by atoms with Crippen molar-refractivity contribution in [2.24, 2.45) is 0 Å². The molecule has 0 aliphatic heterocycles. The smallest absolute Gasteiger partial charge is 0.0184 e. The van der Waals surface area contributed by atoms with Crippen LogP contribution < -0.4 is 0 Å². The SMILES string of the molecule is CCCCCCCCCCCCOCCCCCCCCCCCC.[KH].[KH].c1ccc(-c2ccccc2)cc1. The summed E-state index contributed by atoms with van der Waals surface area (Å²) < 4.78 is 5.78. The van der Waals surface area contributed by atoms with Gasteiger partial charge in [-0.25, -0.2) is 0 Å². The molecule has 0 aliphatic carbocycles. The van der Waals surface area contributed by atoms with Gasteiger partial charge in [-0.15, -0.1) is 0 Å². The molecule has 1 nitrogen and oxygen atoms in total. The first-order chi connectivity index (χ1) is 18.4. The summed E-state index contributed by atoms with van der Waals surface area (Å²) in [7, 11) is 0. The van der Waals surface area contributed by atoms with E-state index in [9.17, 15) is 0 Å². The molecule has 0 fully saturated rings. The molecule has 0 unspecified atom stereocenters. The zero-order valence-corrected chi connectivity index (χ0v) is 24.7. The summed E-state index contributed by atoms with van der Waals surface area (Å²) in [6.07, 6.45) is 28.2. The third kappa shape index (κ3) is 29.5. The summed E-state index contributed by atoms with van der Waals surface area (Å²) in [6, 6.07) is 20.8. The molecule has 3 heteroatoms. The molecule has 0 heterocycles. The van der Waals surface area contributed by atoms with Crippen LogP contribution in [0.15, 0.2) is 60.7 Å². The molecule has 2 aromatic carbocycles. The normalized spacial score (nSPS) is 10.2. The first-order valence-corrected chi connectivity index (χ1v) is 16.1. The van der Waals surface area contributed by atoms with Crippen molar-refractivity contribution in [2.75, 3.05) is 13.2 Å². The maximum atomic E-state index is 5.78. The van der Waals surface area contributed by atoms with Gasteiger partial charge in [-0.1, -0.05) is 190 Å². The van der Waals surface area contributed by atoms with Crippen LogP contribution in [0.25, 0.3) is 11.1 Å². The van der Waals surface area contributed by atoms with E-state index >= 15 is 0 Å². The molecule has 39 heavy (non-hydrogen) atoms. The Kier molecular flexibility index (Phi) is 39.4. The number of hydrogen-bond donors (Lipinski definition) is 0. The number of unbranched alkanes of at least 4 members (excludes halogenated alkanes) is 18. The molecule has 0 aromatic heterocycles. The van der Waals surface area contributed by atoms with Crippen molar-refractivity contribution in [3.63, 3.8) is 0 Å². The average molecular weight is 589 g/mol. The van der Waals surface area contributed by atoms with Crippen LogP contribution in [0.3, 0.4) is 0 Å². The van der Waals surface area contributed by atoms with Gasteiger partial charge in [0.25, 0.3) is 0 Å². The van der Waals surface area contributed by atoms with Gasteiger partial charge in [-0.2, -0.15) is 0 Å². The first kappa shape index (κ1) is 42.8. The molecule has 2 aromatic rings. The monoisotopic (exact) mass is 588 g/mol. The molecule has 0 atom stereocenters. The standard InChI is InChI=1S/C24H50O.C12H10.2K.2H/c1-3-5-7-9-11-13-15-17-19-21-23-25-24-22-20-18-16-14-12-10-8-6-4-2;1-3-7-11(8-4-1)12-9-5-2-6-10-12;;;;/h3-24H2,1-2H3;1-10H;;;;. The van der Waals surface area contributed by atoms with Crippen LogP contribution in [0.5, 0.6) is 0 Å². The molecule has 0 N–H and O–H groups in total. The molecular formula is C36H62K2O. The third-order valence-electron chi connectivity index (χ3n) is 7.17. The van der Waals surface area contributed by atoms with E-state index in [4.69, 9.17) is 4.74 Å². The molecular weight excluding hydrogens is 527 g/mol. The Morgan fingerprint density at radius 3 is 0.897 bits per heavy atom. The minimum absolute atomic E-state index is 0. The Morgan fingerprint density at radius 1 is 0.359 bits per heavy atom. The minimum atomic E-state index is 0. The van der Waals surface area contributed by atoms with Gasteiger partial charge in [0, 0.05) is 13.2 Å². The van der Waals surface area contributed by atoms with Gasteiger partial charge in [-0.05, 0) is 24.0 Å². The van der Waals surface area contributed by atoms with Gasteiger partial charge >= 0.3 is 103 Å². The molecule has 2 rings (SSSR count). The van der Waals surface area contributed by atoms with E-state index in [-0.39, 0.29) is 103 Å². The van der Waals surface area contributed by atoms with Crippen molar-refractivity contribution < 1.29 is 4.74 Å². The van der Waals surface area contributed by atoms with Gasteiger partial charge < -0.3 is 4.74 Å². The summed E-state index contributed by atoms with van der Waals surface area (Å²) in [5, 5.41) is 0. The van der Waals surface area contributed by atoms with E-state index in [2.05, 4.69) is 62.4 Å². The average Bonchev–Trinajstić information content (AvgIpc) is 2.95. The van der Waals surface area contributed by atoms with E-state index < -0.39 is 0 Å². The summed E-state index contributed by atoms with van der Waals surface area (Å²) in [5.74, 6) is 0. The van der Waals surface area contributed by atoms with Gasteiger partial charge in [0.1, 0.15) is 0 Å². The maximum absolute atomic E-state index is 5.78. The van der Waals surface area contributed by atoms with Crippen molar-refractivity contribution in [1.82, 2.24) is 0 Å². The maximum Gasteiger partial charge on any atom is -0.0184 e. The fourth-order valence-corrected chi connectivity index (χ4v) is 4.75. The van der Waals surface area contributed by atoms with E-state index in [1.807, 2.05) is 12.1 Å². The second-order valence-corrected chi connectivity index (χ2v) is 10.7. The van der Waals surface area contributed by atoms with Crippen LogP contribution in [0.4, 0.5) is 0 Å². The van der Waals surface area contributed by atoms with E-state index in [0.29, 0.717) is 0 Å². The van der Waals surface area contributed by atoms with E-state index in [1.165, 1.54) is 140 Å². The number of hydrogen-bond acceptors (Lipinski definition) is 1. The fourth-order valence-electron chi connectivity index (χ4n) is 4.75. The van der Waals surface area contributed by atoms with Crippen LogP contribution in [-0.2, 0) is 4.74 Å². The second-order valence-electron chi connectivity index (χ2n) is 10.7. The predicted octanol–water partition coefficient (Wildman–Crippen LogP) is 10.9. The molecule has 0 aliphatic rings. The van der Waals surface area contributed by atoms with Crippen LogP contribution >= 0.6 is 0 Å². The Morgan fingerprint density at radius 2 is 0.615 bits per heavy atom. The van der Waals surface area contributed by atoms with Gasteiger partial charge in [0.15, 0.2) is 0 Å².